The summed E-state index contributed by atoms with van der Waals surface area (Å²) < 4.78 is 2.00. The van der Waals surface area contributed by atoms with E-state index >= 15 is 0 Å². The van der Waals surface area contributed by atoms with E-state index in [9.17, 15) is 14.4 Å². The molecule has 0 spiro atoms. The topological polar surface area (TPSA) is 97.2 Å². The number of thiazole rings is 1. The van der Waals surface area contributed by atoms with Crippen LogP contribution in [0.2, 0.25) is 0 Å². The van der Waals surface area contributed by atoms with E-state index < -0.39 is 0 Å². The molecule has 8 nitrogen and oxygen atoms in total. The molecule has 1 fully saturated rings. The standard InChI is InChI=1S/C20H21N5O3S2/c1-12(26)13-6-5-7-14(10-13)21-15(27)11-29-19-22-17-16(18(28)24(19)2)30-20(23-17)25-8-3-4-9-25/h5-7,10H,3-4,8-9,11H2,1-2H3,(H,21,27). The van der Waals surface area contributed by atoms with Gasteiger partial charge in [0.2, 0.25) is 5.91 Å². The Kier molecular flexibility index (Phi) is 5.87. The van der Waals surface area contributed by atoms with Gasteiger partial charge in [0.25, 0.3) is 5.56 Å². The van der Waals surface area contributed by atoms with E-state index in [0.717, 1.165) is 31.1 Å². The molecule has 1 aliphatic heterocycles. The molecule has 0 aliphatic carbocycles. The molecule has 3 aromatic rings. The van der Waals surface area contributed by atoms with Crippen LogP contribution < -0.4 is 15.8 Å². The molecule has 1 N–H and O–H groups in total. The maximum atomic E-state index is 12.7. The Labute approximate surface area is 181 Å². The van der Waals surface area contributed by atoms with Crippen molar-refractivity contribution in [3.63, 3.8) is 0 Å². The van der Waals surface area contributed by atoms with Crippen molar-refractivity contribution in [1.82, 2.24) is 14.5 Å². The molecule has 1 saturated heterocycles. The summed E-state index contributed by atoms with van der Waals surface area (Å²) in [6, 6.07) is 6.79. The summed E-state index contributed by atoms with van der Waals surface area (Å²) in [6.45, 7) is 3.38. The number of hydrogen-bond acceptors (Lipinski definition) is 8. The van der Waals surface area contributed by atoms with Crippen molar-refractivity contribution in [2.75, 3.05) is 29.1 Å². The fourth-order valence-corrected chi connectivity index (χ4v) is 5.03. The fourth-order valence-electron chi connectivity index (χ4n) is 3.24. The van der Waals surface area contributed by atoms with Crippen LogP contribution in [0.5, 0.6) is 0 Å². The van der Waals surface area contributed by atoms with Crippen molar-refractivity contribution in [3.8, 4) is 0 Å². The van der Waals surface area contributed by atoms with Crippen LogP contribution in [0.15, 0.2) is 34.2 Å². The number of carbonyl (C=O) groups is 2. The zero-order valence-electron chi connectivity index (χ0n) is 16.7. The summed E-state index contributed by atoms with van der Waals surface area (Å²) in [4.78, 5) is 47.8. The Hall–Kier alpha value is -2.72. The van der Waals surface area contributed by atoms with E-state index in [1.165, 1.54) is 34.6 Å². The van der Waals surface area contributed by atoms with Gasteiger partial charge in [-0.2, -0.15) is 4.98 Å². The molecule has 0 saturated carbocycles. The van der Waals surface area contributed by atoms with Crippen LogP contribution in [0.25, 0.3) is 10.3 Å². The highest BCUT2D eigenvalue weighted by atomic mass is 32.2. The molecule has 0 radical (unpaired) electrons. The zero-order valence-corrected chi connectivity index (χ0v) is 18.3. The summed E-state index contributed by atoms with van der Waals surface area (Å²) in [7, 11) is 1.65. The van der Waals surface area contributed by atoms with Gasteiger partial charge in [0, 0.05) is 31.4 Å². The van der Waals surface area contributed by atoms with Crippen LogP contribution in [0.1, 0.15) is 30.1 Å². The van der Waals surface area contributed by atoms with E-state index in [2.05, 4.69) is 20.2 Å². The first-order valence-electron chi connectivity index (χ1n) is 9.58. The number of fused-ring (bicyclic) bond motifs is 1. The largest absolute Gasteiger partial charge is 0.348 e. The Morgan fingerprint density at radius 2 is 2.00 bits per heavy atom. The highest BCUT2D eigenvalue weighted by Crippen LogP contribution is 2.29. The number of Topliss-reactive ketones (excluding diaryl/α,β-unsaturated/α-hetero) is 1. The minimum Gasteiger partial charge on any atom is -0.348 e. The first kappa shape index (κ1) is 20.5. The molecule has 1 amide bonds. The van der Waals surface area contributed by atoms with E-state index in [1.807, 2.05) is 0 Å². The molecule has 1 aliphatic rings. The van der Waals surface area contributed by atoms with E-state index in [4.69, 9.17) is 0 Å². The van der Waals surface area contributed by atoms with Gasteiger partial charge in [-0.15, -0.1) is 0 Å². The number of aromatic nitrogens is 3. The zero-order chi connectivity index (χ0) is 21.3. The third-order valence-electron chi connectivity index (χ3n) is 4.85. The highest BCUT2D eigenvalue weighted by Gasteiger charge is 2.20. The van der Waals surface area contributed by atoms with Gasteiger partial charge in [-0.05, 0) is 31.9 Å². The second-order valence-electron chi connectivity index (χ2n) is 7.08. The molecular formula is C20H21N5O3S2. The Morgan fingerprint density at radius 3 is 2.73 bits per heavy atom. The number of rotatable bonds is 6. The molecule has 0 atom stereocenters. The van der Waals surface area contributed by atoms with Crippen molar-refractivity contribution in [2.45, 2.75) is 24.9 Å². The maximum Gasteiger partial charge on any atom is 0.273 e. The van der Waals surface area contributed by atoms with Gasteiger partial charge in [-0.25, -0.2) is 4.98 Å². The second kappa shape index (κ2) is 8.57. The van der Waals surface area contributed by atoms with Crippen LogP contribution in [0.4, 0.5) is 10.8 Å². The first-order chi connectivity index (χ1) is 14.4. The first-order valence-corrected chi connectivity index (χ1v) is 11.4. The lowest BCUT2D eigenvalue weighted by atomic mass is 10.1. The van der Waals surface area contributed by atoms with E-state index in [1.54, 1.807) is 31.3 Å². The molecule has 1 aromatic carbocycles. The van der Waals surface area contributed by atoms with Gasteiger partial charge in [0.15, 0.2) is 21.7 Å². The fraction of sp³-hybridized carbons (Fsp3) is 0.350. The van der Waals surface area contributed by atoms with Crippen molar-refractivity contribution < 1.29 is 9.59 Å². The SMILES string of the molecule is CC(=O)c1cccc(NC(=O)CSc2nc3nc(N4CCCC4)sc3c(=O)n2C)c1. The summed E-state index contributed by atoms with van der Waals surface area (Å²) in [5.74, 6) is -0.227. The van der Waals surface area contributed by atoms with Crippen molar-refractivity contribution in [2.24, 2.45) is 7.05 Å². The molecular weight excluding hydrogens is 422 g/mol. The molecule has 156 valence electrons. The number of ketones is 1. The van der Waals surface area contributed by atoms with Gasteiger partial charge in [0.05, 0.1) is 5.75 Å². The number of thioether (sulfide) groups is 1. The van der Waals surface area contributed by atoms with E-state index in [0.29, 0.717) is 26.8 Å². The molecule has 10 heteroatoms. The Morgan fingerprint density at radius 1 is 1.23 bits per heavy atom. The number of anilines is 2. The monoisotopic (exact) mass is 443 g/mol. The van der Waals surface area contributed by atoms with Gasteiger partial charge in [0.1, 0.15) is 4.70 Å². The van der Waals surface area contributed by atoms with Crippen molar-refractivity contribution in [1.29, 1.82) is 0 Å². The minimum atomic E-state index is -0.244. The third kappa shape index (κ3) is 4.24. The number of amides is 1. The Balaban J connectivity index is 1.48. The normalized spacial score (nSPS) is 13.7. The molecule has 30 heavy (non-hydrogen) atoms. The predicted molar refractivity (Wildman–Crippen MR) is 120 cm³/mol. The number of nitrogens with zero attached hydrogens (tertiary/aromatic N) is 4. The molecule has 0 bridgehead atoms. The number of nitrogens with one attached hydrogen (secondary N) is 1. The summed E-state index contributed by atoms with van der Waals surface area (Å²) in [5.41, 5.74) is 1.37. The average molecular weight is 444 g/mol. The minimum absolute atomic E-state index is 0.0652. The number of hydrogen-bond donors (Lipinski definition) is 1. The molecule has 0 unspecified atom stereocenters. The number of carbonyl (C=O) groups excluding carboxylic acids is 2. The quantitative estimate of drug-likeness (QED) is 0.355. The van der Waals surface area contributed by atoms with Crippen molar-refractivity contribution in [3.05, 3.63) is 40.2 Å². The smallest absolute Gasteiger partial charge is 0.273 e. The van der Waals surface area contributed by atoms with E-state index in [-0.39, 0.29) is 23.0 Å². The summed E-state index contributed by atoms with van der Waals surface area (Å²) in [6.07, 6.45) is 2.26. The van der Waals surface area contributed by atoms with Gasteiger partial charge >= 0.3 is 0 Å². The van der Waals surface area contributed by atoms with Crippen LogP contribution >= 0.6 is 23.1 Å². The maximum absolute atomic E-state index is 12.7. The second-order valence-corrected chi connectivity index (χ2v) is 9.00. The van der Waals surface area contributed by atoms with Crippen molar-refractivity contribution >= 4 is 56.0 Å². The summed E-state index contributed by atoms with van der Waals surface area (Å²) in [5, 5.41) is 4.05. The molecule has 3 heterocycles. The van der Waals surface area contributed by atoms with Crippen LogP contribution in [0, 0.1) is 0 Å². The Bertz CT molecular complexity index is 1180. The van der Waals surface area contributed by atoms with Crippen LogP contribution in [-0.2, 0) is 11.8 Å². The van der Waals surface area contributed by atoms with Crippen LogP contribution in [-0.4, -0.2) is 45.1 Å². The summed E-state index contributed by atoms with van der Waals surface area (Å²) >= 11 is 2.56. The number of benzene rings is 1. The lowest BCUT2D eigenvalue weighted by Crippen LogP contribution is -2.20. The average Bonchev–Trinajstić information content (AvgIpc) is 3.39. The molecule has 2 aromatic heterocycles. The van der Waals surface area contributed by atoms with Gasteiger partial charge < -0.3 is 10.2 Å². The molecule has 4 rings (SSSR count). The lowest BCUT2D eigenvalue weighted by Gasteiger charge is -2.11. The highest BCUT2D eigenvalue weighted by molar-refractivity contribution is 7.99. The van der Waals surface area contributed by atoms with Gasteiger partial charge in [-0.1, -0.05) is 35.2 Å². The predicted octanol–water partition coefficient (Wildman–Crippen LogP) is 2.92. The third-order valence-corrected chi connectivity index (χ3v) is 6.97. The lowest BCUT2D eigenvalue weighted by molar-refractivity contribution is -0.113. The van der Waals surface area contributed by atoms with Gasteiger partial charge in [-0.3, -0.25) is 19.0 Å². The van der Waals surface area contributed by atoms with Crippen LogP contribution in [0.3, 0.4) is 0 Å².